The van der Waals surface area contributed by atoms with Crippen LogP contribution in [-0.2, 0) is 9.53 Å². The SMILES string of the molecule is CCN1CCC(NC2CCCCCC2)(C(=O)OC)CC1. The van der Waals surface area contributed by atoms with Crippen molar-refractivity contribution in [3.63, 3.8) is 0 Å². The van der Waals surface area contributed by atoms with Crippen molar-refractivity contribution in [2.24, 2.45) is 0 Å². The molecule has 1 N–H and O–H groups in total. The minimum Gasteiger partial charge on any atom is -0.468 e. The summed E-state index contributed by atoms with van der Waals surface area (Å²) in [4.78, 5) is 14.8. The molecule has 0 aromatic carbocycles. The fourth-order valence-electron chi connectivity index (χ4n) is 3.67. The van der Waals surface area contributed by atoms with E-state index >= 15 is 0 Å². The molecule has 0 amide bonds. The largest absolute Gasteiger partial charge is 0.468 e. The Morgan fingerprint density at radius 1 is 1.20 bits per heavy atom. The van der Waals surface area contributed by atoms with Crippen molar-refractivity contribution >= 4 is 5.97 Å². The van der Waals surface area contributed by atoms with Crippen LogP contribution in [0.2, 0.25) is 0 Å². The third-order valence-corrected chi connectivity index (χ3v) is 5.07. The van der Waals surface area contributed by atoms with Crippen LogP contribution in [0.4, 0.5) is 0 Å². The number of likely N-dealkylation sites (tertiary alicyclic amines) is 1. The van der Waals surface area contributed by atoms with Crippen LogP contribution in [0.3, 0.4) is 0 Å². The van der Waals surface area contributed by atoms with Gasteiger partial charge in [-0.15, -0.1) is 0 Å². The predicted octanol–water partition coefficient (Wildman–Crippen LogP) is 2.33. The molecule has 4 heteroatoms. The van der Waals surface area contributed by atoms with Crippen LogP contribution in [0.1, 0.15) is 58.3 Å². The van der Waals surface area contributed by atoms with E-state index in [-0.39, 0.29) is 5.97 Å². The monoisotopic (exact) mass is 282 g/mol. The van der Waals surface area contributed by atoms with Crippen molar-refractivity contribution in [2.45, 2.75) is 69.9 Å². The van der Waals surface area contributed by atoms with Crippen molar-refractivity contribution in [3.8, 4) is 0 Å². The van der Waals surface area contributed by atoms with E-state index in [2.05, 4.69) is 17.1 Å². The Labute approximate surface area is 123 Å². The first-order chi connectivity index (χ1) is 9.70. The van der Waals surface area contributed by atoms with Crippen LogP contribution in [0.5, 0.6) is 0 Å². The van der Waals surface area contributed by atoms with Gasteiger partial charge in [0, 0.05) is 19.1 Å². The number of hydrogen-bond acceptors (Lipinski definition) is 4. The normalized spacial score (nSPS) is 25.1. The summed E-state index contributed by atoms with van der Waals surface area (Å²) in [5, 5.41) is 3.71. The van der Waals surface area contributed by atoms with Gasteiger partial charge in [-0.05, 0) is 32.2 Å². The molecular formula is C16H30N2O2. The number of nitrogens with one attached hydrogen (secondary N) is 1. The lowest BCUT2D eigenvalue weighted by molar-refractivity contribution is -0.151. The molecule has 0 aromatic rings. The maximum atomic E-state index is 12.3. The molecule has 2 rings (SSSR count). The van der Waals surface area contributed by atoms with Crippen molar-refractivity contribution < 1.29 is 9.53 Å². The molecule has 0 unspecified atom stereocenters. The molecule has 1 aliphatic heterocycles. The quantitative estimate of drug-likeness (QED) is 0.635. The Morgan fingerprint density at radius 3 is 2.30 bits per heavy atom. The van der Waals surface area contributed by atoms with E-state index in [1.54, 1.807) is 0 Å². The molecule has 1 saturated heterocycles. The van der Waals surface area contributed by atoms with Crippen molar-refractivity contribution in [1.82, 2.24) is 10.2 Å². The van der Waals surface area contributed by atoms with Crippen molar-refractivity contribution in [1.29, 1.82) is 0 Å². The molecule has 116 valence electrons. The maximum Gasteiger partial charge on any atom is 0.326 e. The minimum absolute atomic E-state index is 0.0579. The lowest BCUT2D eigenvalue weighted by atomic mass is 9.85. The van der Waals surface area contributed by atoms with Gasteiger partial charge in [-0.1, -0.05) is 32.6 Å². The van der Waals surface area contributed by atoms with Gasteiger partial charge in [-0.3, -0.25) is 10.1 Å². The van der Waals surface area contributed by atoms with Crippen molar-refractivity contribution in [2.75, 3.05) is 26.7 Å². The highest BCUT2D eigenvalue weighted by Gasteiger charge is 2.43. The molecule has 1 heterocycles. The topological polar surface area (TPSA) is 41.6 Å². The van der Waals surface area contributed by atoms with Crippen LogP contribution < -0.4 is 5.32 Å². The van der Waals surface area contributed by atoms with E-state index in [1.807, 2.05) is 0 Å². The summed E-state index contributed by atoms with van der Waals surface area (Å²) in [5.41, 5.74) is -0.435. The van der Waals surface area contributed by atoms with Crippen LogP contribution in [0.25, 0.3) is 0 Å². The summed E-state index contributed by atoms with van der Waals surface area (Å²) < 4.78 is 5.11. The Kier molecular flexibility index (Phi) is 5.85. The number of esters is 1. The maximum absolute atomic E-state index is 12.3. The van der Waals surface area contributed by atoms with Gasteiger partial charge in [0.15, 0.2) is 0 Å². The van der Waals surface area contributed by atoms with Gasteiger partial charge < -0.3 is 9.64 Å². The lowest BCUT2D eigenvalue weighted by Crippen LogP contribution is -2.61. The van der Waals surface area contributed by atoms with Gasteiger partial charge in [0.25, 0.3) is 0 Å². The number of piperidine rings is 1. The van der Waals surface area contributed by atoms with E-state index in [0.717, 1.165) is 32.5 Å². The molecule has 0 spiro atoms. The van der Waals surface area contributed by atoms with Gasteiger partial charge in [-0.25, -0.2) is 0 Å². The summed E-state index contributed by atoms with van der Waals surface area (Å²) in [7, 11) is 1.52. The third-order valence-electron chi connectivity index (χ3n) is 5.07. The van der Waals surface area contributed by atoms with Gasteiger partial charge in [0.05, 0.1) is 7.11 Å². The molecule has 0 radical (unpaired) electrons. The zero-order valence-corrected chi connectivity index (χ0v) is 13.1. The van der Waals surface area contributed by atoms with E-state index in [4.69, 9.17) is 4.74 Å². The number of carbonyl (C=O) groups excluding carboxylic acids is 1. The first kappa shape index (κ1) is 15.8. The van der Waals surface area contributed by atoms with Crippen LogP contribution in [-0.4, -0.2) is 49.2 Å². The highest BCUT2D eigenvalue weighted by molar-refractivity contribution is 5.81. The molecule has 4 nitrogen and oxygen atoms in total. The number of methoxy groups -OCH3 is 1. The Morgan fingerprint density at radius 2 is 1.80 bits per heavy atom. The Bertz CT molecular complexity index is 304. The van der Waals surface area contributed by atoms with Crippen LogP contribution >= 0.6 is 0 Å². The second kappa shape index (κ2) is 7.41. The van der Waals surface area contributed by atoms with Gasteiger partial charge in [0.1, 0.15) is 5.54 Å². The van der Waals surface area contributed by atoms with Gasteiger partial charge in [0.2, 0.25) is 0 Å². The Balaban J connectivity index is 2.01. The summed E-state index contributed by atoms with van der Waals surface area (Å²) >= 11 is 0. The molecule has 0 bridgehead atoms. The summed E-state index contributed by atoms with van der Waals surface area (Å²) in [6, 6.07) is 0.491. The number of nitrogens with zero attached hydrogens (tertiary/aromatic N) is 1. The minimum atomic E-state index is -0.435. The average Bonchev–Trinajstić information content (AvgIpc) is 2.75. The predicted molar refractivity (Wildman–Crippen MR) is 80.7 cm³/mol. The molecule has 20 heavy (non-hydrogen) atoms. The third kappa shape index (κ3) is 3.73. The van der Waals surface area contributed by atoms with Crippen LogP contribution in [0.15, 0.2) is 0 Å². The summed E-state index contributed by atoms with van der Waals surface area (Å²) in [6.45, 7) is 5.24. The van der Waals surface area contributed by atoms with Gasteiger partial charge in [-0.2, -0.15) is 0 Å². The molecule has 0 aromatic heterocycles. The standard InChI is InChI=1S/C16H30N2O2/c1-3-18-12-10-16(11-13-18,15(19)20-2)17-14-8-6-4-5-7-9-14/h14,17H,3-13H2,1-2H3. The van der Waals surface area contributed by atoms with Crippen molar-refractivity contribution in [3.05, 3.63) is 0 Å². The smallest absolute Gasteiger partial charge is 0.326 e. The zero-order chi connectivity index (χ0) is 14.4. The fraction of sp³-hybridized carbons (Fsp3) is 0.938. The highest BCUT2D eigenvalue weighted by Crippen LogP contribution is 2.27. The molecular weight excluding hydrogens is 252 g/mol. The molecule has 1 aliphatic carbocycles. The number of carbonyl (C=O) groups is 1. The second-order valence-electron chi connectivity index (χ2n) is 6.34. The summed E-state index contributed by atoms with van der Waals surface area (Å²) in [6.07, 6.45) is 9.42. The lowest BCUT2D eigenvalue weighted by Gasteiger charge is -2.42. The summed E-state index contributed by atoms with van der Waals surface area (Å²) in [5.74, 6) is -0.0579. The molecule has 0 atom stereocenters. The first-order valence-corrected chi connectivity index (χ1v) is 8.28. The zero-order valence-electron chi connectivity index (χ0n) is 13.1. The van der Waals surface area contributed by atoms with Crippen LogP contribution in [0, 0.1) is 0 Å². The highest BCUT2D eigenvalue weighted by atomic mass is 16.5. The van der Waals surface area contributed by atoms with E-state index in [1.165, 1.54) is 45.6 Å². The second-order valence-corrected chi connectivity index (χ2v) is 6.34. The fourth-order valence-corrected chi connectivity index (χ4v) is 3.67. The molecule has 2 aliphatic rings. The van der Waals surface area contributed by atoms with E-state index in [9.17, 15) is 4.79 Å². The van der Waals surface area contributed by atoms with E-state index < -0.39 is 5.54 Å². The Hall–Kier alpha value is -0.610. The number of ether oxygens (including phenoxy) is 1. The number of rotatable bonds is 4. The first-order valence-electron chi connectivity index (χ1n) is 8.28. The number of hydrogen-bond donors (Lipinski definition) is 1. The van der Waals surface area contributed by atoms with E-state index in [0.29, 0.717) is 6.04 Å². The molecule has 2 fully saturated rings. The average molecular weight is 282 g/mol. The molecule has 1 saturated carbocycles. The van der Waals surface area contributed by atoms with Gasteiger partial charge >= 0.3 is 5.97 Å².